The van der Waals surface area contributed by atoms with E-state index in [9.17, 15) is 4.79 Å². The standard InChI is InChI=1S/C26H30N6O/c1-18-13-22(11-12-28-18)30-24-17-29-25(15-21(24)16-27)32-26(33)31-23-10-6-5-9-20(23)14-19-7-3-2-4-8-19/h2-4,7-8,11-13,15-17,20,23,27H,5-6,9-10,14H2,1H3,(H,28,30)(H2,29,31,32,33)/t20-,23-/m0/s1. The van der Waals surface area contributed by atoms with Crippen LogP contribution in [0.1, 0.15) is 42.5 Å². The maximum atomic E-state index is 12.7. The molecule has 170 valence electrons. The average Bonchev–Trinajstić information content (AvgIpc) is 2.82. The third-order valence-electron chi connectivity index (χ3n) is 6.08. The number of aryl methyl sites for hydroxylation is 1. The van der Waals surface area contributed by atoms with Crippen LogP contribution in [0, 0.1) is 18.3 Å². The Bertz CT molecular complexity index is 1100. The molecule has 2 aromatic heterocycles. The summed E-state index contributed by atoms with van der Waals surface area (Å²) in [5.74, 6) is 0.838. The topological polar surface area (TPSA) is 103 Å². The van der Waals surface area contributed by atoms with E-state index in [1.807, 2.05) is 25.1 Å². The molecule has 7 heteroatoms. The van der Waals surface area contributed by atoms with E-state index in [0.717, 1.165) is 37.1 Å². The van der Waals surface area contributed by atoms with E-state index in [4.69, 9.17) is 5.41 Å². The molecule has 0 spiro atoms. The van der Waals surface area contributed by atoms with E-state index in [1.165, 1.54) is 18.2 Å². The molecular formula is C26H30N6O. The van der Waals surface area contributed by atoms with Gasteiger partial charge in [-0.15, -0.1) is 0 Å². The molecule has 0 bridgehead atoms. The Morgan fingerprint density at radius 1 is 1.12 bits per heavy atom. The van der Waals surface area contributed by atoms with Crippen molar-refractivity contribution in [3.63, 3.8) is 0 Å². The predicted molar refractivity (Wildman–Crippen MR) is 132 cm³/mol. The van der Waals surface area contributed by atoms with Crippen LogP contribution in [0.15, 0.2) is 60.9 Å². The van der Waals surface area contributed by atoms with E-state index >= 15 is 0 Å². The zero-order valence-corrected chi connectivity index (χ0v) is 18.8. The van der Waals surface area contributed by atoms with Gasteiger partial charge in [0.05, 0.1) is 11.9 Å². The van der Waals surface area contributed by atoms with Crippen LogP contribution >= 0.6 is 0 Å². The molecule has 33 heavy (non-hydrogen) atoms. The van der Waals surface area contributed by atoms with Crippen molar-refractivity contribution >= 4 is 29.4 Å². The summed E-state index contributed by atoms with van der Waals surface area (Å²) in [5, 5.41) is 17.0. The average molecular weight is 443 g/mol. The lowest BCUT2D eigenvalue weighted by Crippen LogP contribution is -2.44. The number of carbonyl (C=O) groups excluding carboxylic acids is 1. The number of nitrogens with zero attached hydrogens (tertiary/aromatic N) is 2. The first-order valence-corrected chi connectivity index (χ1v) is 11.4. The lowest BCUT2D eigenvalue weighted by Gasteiger charge is -2.32. The van der Waals surface area contributed by atoms with Crippen LogP contribution in [-0.2, 0) is 6.42 Å². The van der Waals surface area contributed by atoms with Crippen LogP contribution in [0.2, 0.25) is 0 Å². The summed E-state index contributed by atoms with van der Waals surface area (Å²) in [7, 11) is 0. The minimum atomic E-state index is -0.256. The Morgan fingerprint density at radius 3 is 2.73 bits per heavy atom. The Hall–Kier alpha value is -3.74. The number of rotatable bonds is 7. The van der Waals surface area contributed by atoms with Gasteiger partial charge in [-0.3, -0.25) is 10.3 Å². The van der Waals surface area contributed by atoms with Crippen LogP contribution in [-0.4, -0.2) is 28.3 Å². The number of anilines is 3. The normalized spacial score (nSPS) is 17.7. The number of carbonyl (C=O) groups is 1. The van der Waals surface area contributed by atoms with E-state index in [0.29, 0.717) is 23.0 Å². The molecule has 2 atom stereocenters. The Kier molecular flexibility index (Phi) is 7.29. The minimum Gasteiger partial charge on any atom is -0.354 e. The van der Waals surface area contributed by atoms with E-state index in [2.05, 4.69) is 50.2 Å². The first-order chi connectivity index (χ1) is 16.1. The first kappa shape index (κ1) is 22.5. The molecule has 0 saturated heterocycles. The molecule has 1 fully saturated rings. The molecule has 1 aliphatic carbocycles. The molecular weight excluding hydrogens is 412 g/mol. The molecule has 1 aliphatic rings. The van der Waals surface area contributed by atoms with Gasteiger partial charge in [0, 0.05) is 35.4 Å². The fourth-order valence-electron chi connectivity index (χ4n) is 4.42. The summed E-state index contributed by atoms with van der Waals surface area (Å²) in [4.78, 5) is 21.3. The number of hydrogen-bond acceptors (Lipinski definition) is 5. The van der Waals surface area contributed by atoms with Crippen LogP contribution in [0.5, 0.6) is 0 Å². The minimum absolute atomic E-state index is 0.136. The SMILES string of the molecule is Cc1cc(Nc2cnc(NC(=O)N[C@H]3CCCC[C@H]3Cc3ccccc3)cc2C=N)ccn1. The molecule has 4 N–H and O–H groups in total. The van der Waals surface area contributed by atoms with Crippen molar-refractivity contribution < 1.29 is 4.79 Å². The van der Waals surface area contributed by atoms with Crippen molar-refractivity contribution in [2.45, 2.75) is 45.1 Å². The Morgan fingerprint density at radius 2 is 1.94 bits per heavy atom. The van der Waals surface area contributed by atoms with Gasteiger partial charge in [-0.1, -0.05) is 43.2 Å². The fraction of sp³-hybridized carbons (Fsp3) is 0.308. The highest BCUT2D eigenvalue weighted by atomic mass is 16.2. The third-order valence-corrected chi connectivity index (χ3v) is 6.08. The number of hydrogen-bond donors (Lipinski definition) is 4. The van der Waals surface area contributed by atoms with Gasteiger partial charge in [-0.2, -0.15) is 0 Å². The highest BCUT2D eigenvalue weighted by Gasteiger charge is 2.26. The molecule has 2 heterocycles. The Balaban J connectivity index is 1.39. The van der Waals surface area contributed by atoms with Crippen molar-refractivity contribution in [2.24, 2.45) is 5.92 Å². The van der Waals surface area contributed by atoms with Gasteiger partial charge in [0.15, 0.2) is 0 Å². The number of benzene rings is 1. The molecule has 1 aromatic carbocycles. The number of urea groups is 1. The summed E-state index contributed by atoms with van der Waals surface area (Å²) in [6.45, 7) is 1.92. The van der Waals surface area contributed by atoms with Crippen molar-refractivity contribution in [1.82, 2.24) is 15.3 Å². The molecule has 4 rings (SSSR count). The van der Waals surface area contributed by atoms with Crippen LogP contribution in [0.25, 0.3) is 0 Å². The van der Waals surface area contributed by atoms with E-state index in [1.54, 1.807) is 18.5 Å². The van der Waals surface area contributed by atoms with Crippen LogP contribution in [0.4, 0.5) is 22.0 Å². The van der Waals surface area contributed by atoms with Crippen molar-refractivity contribution in [1.29, 1.82) is 5.41 Å². The molecule has 7 nitrogen and oxygen atoms in total. The molecule has 2 amide bonds. The summed E-state index contributed by atoms with van der Waals surface area (Å²) in [6.07, 6.45) is 10.0. The van der Waals surface area contributed by atoms with Crippen molar-refractivity contribution in [3.05, 3.63) is 77.7 Å². The maximum Gasteiger partial charge on any atom is 0.320 e. The zero-order chi connectivity index (χ0) is 23.0. The fourth-order valence-corrected chi connectivity index (χ4v) is 4.42. The second-order valence-corrected chi connectivity index (χ2v) is 8.55. The third kappa shape index (κ3) is 6.16. The quantitative estimate of drug-likeness (QED) is 0.365. The van der Waals surface area contributed by atoms with Crippen LogP contribution in [0.3, 0.4) is 0 Å². The summed E-state index contributed by atoms with van der Waals surface area (Å²) < 4.78 is 0. The lowest BCUT2D eigenvalue weighted by atomic mass is 9.81. The molecule has 1 saturated carbocycles. The van der Waals surface area contributed by atoms with Crippen LogP contribution < -0.4 is 16.0 Å². The molecule has 0 aliphatic heterocycles. The van der Waals surface area contributed by atoms with Gasteiger partial charge >= 0.3 is 6.03 Å². The van der Waals surface area contributed by atoms with Gasteiger partial charge in [-0.05, 0) is 55.9 Å². The van der Waals surface area contributed by atoms with Gasteiger partial charge < -0.3 is 16.0 Å². The monoisotopic (exact) mass is 442 g/mol. The first-order valence-electron chi connectivity index (χ1n) is 11.4. The second kappa shape index (κ2) is 10.7. The van der Waals surface area contributed by atoms with Gasteiger partial charge in [0.1, 0.15) is 5.82 Å². The van der Waals surface area contributed by atoms with Gasteiger partial charge in [-0.25, -0.2) is 9.78 Å². The molecule has 0 unspecified atom stereocenters. The number of nitrogens with one attached hydrogen (secondary N) is 4. The Labute approximate surface area is 194 Å². The van der Waals surface area contributed by atoms with Gasteiger partial charge in [0.25, 0.3) is 0 Å². The highest BCUT2D eigenvalue weighted by molar-refractivity contribution is 5.92. The number of aromatic nitrogens is 2. The molecule has 0 radical (unpaired) electrons. The predicted octanol–water partition coefficient (Wildman–Crippen LogP) is 5.45. The van der Waals surface area contributed by atoms with E-state index < -0.39 is 0 Å². The largest absolute Gasteiger partial charge is 0.354 e. The van der Waals surface area contributed by atoms with Crippen molar-refractivity contribution in [3.8, 4) is 0 Å². The van der Waals surface area contributed by atoms with E-state index in [-0.39, 0.29) is 12.1 Å². The smallest absolute Gasteiger partial charge is 0.320 e. The zero-order valence-electron chi connectivity index (χ0n) is 18.8. The highest BCUT2D eigenvalue weighted by Crippen LogP contribution is 2.28. The maximum absolute atomic E-state index is 12.7. The lowest BCUT2D eigenvalue weighted by molar-refractivity contribution is 0.227. The number of amides is 2. The second-order valence-electron chi connectivity index (χ2n) is 8.55. The summed E-state index contributed by atoms with van der Waals surface area (Å²) >= 11 is 0. The summed E-state index contributed by atoms with van der Waals surface area (Å²) in [6, 6.07) is 15.8. The van der Waals surface area contributed by atoms with Gasteiger partial charge in [0.2, 0.25) is 0 Å². The van der Waals surface area contributed by atoms with Crippen molar-refractivity contribution in [2.75, 3.05) is 10.6 Å². The summed E-state index contributed by atoms with van der Waals surface area (Å²) in [5.41, 5.74) is 4.40. The number of pyridine rings is 2. The molecule has 3 aromatic rings.